The van der Waals surface area contributed by atoms with Gasteiger partial charge in [-0.05, 0) is 71.7 Å². The van der Waals surface area contributed by atoms with Gasteiger partial charge in [-0.2, -0.15) is 0 Å². The number of halogens is 1. The van der Waals surface area contributed by atoms with Crippen molar-refractivity contribution in [3.05, 3.63) is 57.6 Å². The fourth-order valence-corrected chi connectivity index (χ4v) is 5.04. The van der Waals surface area contributed by atoms with Crippen molar-refractivity contribution in [1.29, 1.82) is 0 Å². The minimum Gasteiger partial charge on any atom is -0.507 e. The number of carbonyl (C=O) groups excluding carboxylic acids is 2. The van der Waals surface area contributed by atoms with Gasteiger partial charge in [-0.15, -0.1) is 11.3 Å². The molecule has 150 valence electrons. The lowest BCUT2D eigenvalue weighted by Crippen LogP contribution is -2.19. The van der Waals surface area contributed by atoms with Gasteiger partial charge in [0.1, 0.15) is 10.8 Å². The Bertz CT molecular complexity index is 1090. The van der Waals surface area contributed by atoms with Crippen LogP contribution in [0.5, 0.6) is 5.75 Å². The van der Waals surface area contributed by atoms with Crippen LogP contribution < -0.4 is 11.1 Å². The van der Waals surface area contributed by atoms with Crippen LogP contribution in [0.3, 0.4) is 0 Å². The van der Waals surface area contributed by atoms with Gasteiger partial charge in [0.15, 0.2) is 0 Å². The van der Waals surface area contributed by atoms with Crippen LogP contribution in [0.2, 0.25) is 0 Å². The van der Waals surface area contributed by atoms with Crippen LogP contribution in [0.15, 0.2) is 40.9 Å². The van der Waals surface area contributed by atoms with Crippen LogP contribution >= 0.6 is 27.3 Å². The average Bonchev–Trinajstić information content (AvgIpc) is 3.30. The molecular weight excluding hydrogens is 454 g/mol. The maximum atomic E-state index is 12.7. The molecule has 0 bridgehead atoms. The molecule has 2 heterocycles. The summed E-state index contributed by atoms with van der Waals surface area (Å²) in [5.41, 5.74) is 7.48. The van der Waals surface area contributed by atoms with E-state index in [1.165, 1.54) is 29.7 Å². The number of nitrogens with zero attached hydrogens (tertiary/aromatic N) is 1. The van der Waals surface area contributed by atoms with Crippen molar-refractivity contribution in [1.82, 2.24) is 4.90 Å². The Labute approximate surface area is 180 Å². The number of thiophene rings is 1. The second-order valence-corrected chi connectivity index (χ2v) is 9.01. The first-order valence-corrected chi connectivity index (χ1v) is 10.9. The van der Waals surface area contributed by atoms with Crippen molar-refractivity contribution in [3.8, 4) is 5.75 Å². The largest absolute Gasteiger partial charge is 0.507 e. The van der Waals surface area contributed by atoms with Crippen molar-refractivity contribution < 1.29 is 14.7 Å². The first-order chi connectivity index (χ1) is 13.9. The van der Waals surface area contributed by atoms with Crippen molar-refractivity contribution in [2.24, 2.45) is 5.73 Å². The van der Waals surface area contributed by atoms with E-state index < -0.39 is 5.91 Å². The highest BCUT2D eigenvalue weighted by Gasteiger charge is 2.21. The van der Waals surface area contributed by atoms with E-state index in [0.717, 1.165) is 19.6 Å². The molecule has 0 unspecified atom stereocenters. The summed E-state index contributed by atoms with van der Waals surface area (Å²) in [5, 5.41) is 13.7. The van der Waals surface area contributed by atoms with Gasteiger partial charge in [0, 0.05) is 22.2 Å². The Morgan fingerprint density at radius 1 is 1.17 bits per heavy atom. The summed E-state index contributed by atoms with van der Waals surface area (Å²) in [6.45, 7) is 3.13. The standard InChI is InChI=1S/C21H20BrN3O3S/c22-15-9-14-17(10-16(15)26)29-21(18(14)19(23)27)24-20(28)13-5-3-12(4-6-13)11-25-7-1-2-8-25/h3-6,9-10,26H,1-2,7-8,11H2,(H2,23,27)(H,24,28). The number of benzene rings is 2. The molecule has 0 saturated carbocycles. The number of anilines is 1. The highest BCUT2D eigenvalue weighted by Crippen LogP contribution is 2.40. The summed E-state index contributed by atoms with van der Waals surface area (Å²) < 4.78 is 1.12. The molecule has 4 rings (SSSR count). The van der Waals surface area contributed by atoms with E-state index in [9.17, 15) is 14.7 Å². The van der Waals surface area contributed by atoms with Gasteiger partial charge in [-0.3, -0.25) is 14.5 Å². The minimum absolute atomic E-state index is 0.0567. The number of nitrogens with one attached hydrogen (secondary N) is 1. The minimum atomic E-state index is -0.634. The Morgan fingerprint density at radius 3 is 2.52 bits per heavy atom. The number of hydrogen-bond donors (Lipinski definition) is 3. The first-order valence-electron chi connectivity index (χ1n) is 9.30. The number of likely N-dealkylation sites (tertiary alicyclic amines) is 1. The molecule has 1 saturated heterocycles. The third-order valence-corrected chi connectivity index (χ3v) is 6.76. The van der Waals surface area contributed by atoms with Gasteiger partial charge in [0.05, 0.1) is 10.0 Å². The molecular formula is C21H20BrN3O3S. The lowest BCUT2D eigenvalue weighted by molar-refractivity contribution is 0.100. The van der Waals surface area contributed by atoms with Gasteiger partial charge in [0.25, 0.3) is 11.8 Å². The molecule has 1 fully saturated rings. The molecule has 0 spiro atoms. The van der Waals surface area contributed by atoms with Gasteiger partial charge in [-0.1, -0.05) is 12.1 Å². The number of phenolic OH excluding ortho intramolecular Hbond substituents is 1. The van der Waals surface area contributed by atoms with Crippen molar-refractivity contribution >= 4 is 54.2 Å². The van der Waals surface area contributed by atoms with Crippen LogP contribution in [0.25, 0.3) is 10.1 Å². The number of fused-ring (bicyclic) bond motifs is 1. The molecule has 4 N–H and O–H groups in total. The quantitative estimate of drug-likeness (QED) is 0.514. The summed E-state index contributed by atoms with van der Waals surface area (Å²) in [4.78, 5) is 27.1. The topological polar surface area (TPSA) is 95.7 Å². The number of carbonyl (C=O) groups is 2. The first kappa shape index (κ1) is 19.9. The van der Waals surface area contributed by atoms with E-state index in [2.05, 4.69) is 26.1 Å². The van der Waals surface area contributed by atoms with Gasteiger partial charge < -0.3 is 16.2 Å². The molecule has 2 aromatic carbocycles. The Morgan fingerprint density at radius 2 is 1.86 bits per heavy atom. The zero-order valence-corrected chi connectivity index (χ0v) is 18.0. The van der Waals surface area contributed by atoms with Crippen LogP contribution in [-0.4, -0.2) is 34.9 Å². The summed E-state index contributed by atoms with van der Waals surface area (Å²) in [6, 6.07) is 10.7. The number of primary amides is 1. The lowest BCUT2D eigenvalue weighted by Gasteiger charge is -2.14. The number of nitrogens with two attached hydrogens (primary N) is 1. The molecule has 1 aliphatic heterocycles. The molecule has 3 aromatic rings. The Balaban J connectivity index is 1.56. The smallest absolute Gasteiger partial charge is 0.256 e. The molecule has 8 heteroatoms. The van der Waals surface area contributed by atoms with Gasteiger partial charge in [0.2, 0.25) is 0 Å². The molecule has 1 aliphatic rings. The summed E-state index contributed by atoms with van der Waals surface area (Å²) in [7, 11) is 0. The van der Waals surface area contributed by atoms with Crippen LogP contribution in [0, 0.1) is 0 Å². The average molecular weight is 474 g/mol. The second kappa shape index (κ2) is 8.14. The highest BCUT2D eigenvalue weighted by molar-refractivity contribution is 9.10. The van der Waals surface area contributed by atoms with E-state index in [1.54, 1.807) is 24.3 Å². The van der Waals surface area contributed by atoms with Crippen LogP contribution in [0.1, 0.15) is 39.1 Å². The summed E-state index contributed by atoms with van der Waals surface area (Å²) >= 11 is 4.45. The highest BCUT2D eigenvalue weighted by atomic mass is 79.9. The summed E-state index contributed by atoms with van der Waals surface area (Å²) in [6.07, 6.45) is 2.48. The molecule has 1 aromatic heterocycles. The van der Waals surface area contributed by atoms with E-state index in [1.807, 2.05) is 12.1 Å². The SMILES string of the molecule is NC(=O)c1c(NC(=O)c2ccc(CN3CCCC3)cc2)sc2cc(O)c(Br)cc12. The predicted octanol–water partition coefficient (Wildman–Crippen LogP) is 4.32. The number of hydrogen-bond acceptors (Lipinski definition) is 5. The number of aromatic hydroxyl groups is 1. The normalized spacial score (nSPS) is 14.4. The maximum absolute atomic E-state index is 12.7. The Hall–Kier alpha value is -2.42. The molecule has 2 amide bonds. The molecule has 0 radical (unpaired) electrons. The monoisotopic (exact) mass is 473 g/mol. The third kappa shape index (κ3) is 4.14. The van der Waals surface area contributed by atoms with E-state index >= 15 is 0 Å². The van der Waals surface area contributed by atoms with Crippen molar-refractivity contribution in [2.45, 2.75) is 19.4 Å². The van der Waals surface area contributed by atoms with E-state index in [-0.39, 0.29) is 17.2 Å². The fourth-order valence-electron chi connectivity index (χ4n) is 3.57. The predicted molar refractivity (Wildman–Crippen MR) is 119 cm³/mol. The molecule has 29 heavy (non-hydrogen) atoms. The summed E-state index contributed by atoms with van der Waals surface area (Å²) in [5.74, 6) is -0.888. The van der Waals surface area contributed by atoms with Crippen LogP contribution in [-0.2, 0) is 6.54 Å². The van der Waals surface area contributed by atoms with Gasteiger partial charge >= 0.3 is 0 Å². The maximum Gasteiger partial charge on any atom is 0.256 e. The zero-order chi connectivity index (χ0) is 20.5. The third-order valence-electron chi connectivity index (χ3n) is 5.05. The van der Waals surface area contributed by atoms with Crippen LogP contribution in [0.4, 0.5) is 5.00 Å². The van der Waals surface area contributed by atoms with E-state index in [0.29, 0.717) is 25.1 Å². The number of rotatable bonds is 5. The molecule has 6 nitrogen and oxygen atoms in total. The molecule has 0 aliphatic carbocycles. The number of phenols is 1. The fraction of sp³-hybridized carbons (Fsp3) is 0.238. The lowest BCUT2D eigenvalue weighted by atomic mass is 10.1. The zero-order valence-electron chi connectivity index (χ0n) is 15.6. The van der Waals surface area contributed by atoms with Gasteiger partial charge in [-0.25, -0.2) is 0 Å². The molecule has 0 atom stereocenters. The second-order valence-electron chi connectivity index (χ2n) is 7.10. The van der Waals surface area contributed by atoms with Crippen molar-refractivity contribution in [3.63, 3.8) is 0 Å². The Kier molecular flexibility index (Phi) is 5.58. The van der Waals surface area contributed by atoms with E-state index in [4.69, 9.17) is 5.73 Å². The number of amides is 2. The van der Waals surface area contributed by atoms with Crippen molar-refractivity contribution in [2.75, 3.05) is 18.4 Å².